The van der Waals surface area contributed by atoms with Gasteiger partial charge in [-0.25, -0.2) is 0 Å². The number of para-hydroxylation sites is 1. The van der Waals surface area contributed by atoms with E-state index in [1.807, 2.05) is 38.2 Å². The zero-order valence-electron chi connectivity index (χ0n) is 10.6. The third-order valence-corrected chi connectivity index (χ3v) is 2.83. The van der Waals surface area contributed by atoms with Crippen LogP contribution in [0.15, 0.2) is 30.6 Å². The van der Waals surface area contributed by atoms with E-state index in [4.69, 9.17) is 4.74 Å². The normalized spacial score (nSPS) is 12.4. The molecule has 0 amide bonds. The molecule has 5 heteroatoms. The molecule has 0 radical (unpaired) electrons. The minimum absolute atomic E-state index is 0.337. The van der Waals surface area contributed by atoms with Gasteiger partial charge in [-0.2, -0.15) is 0 Å². The van der Waals surface area contributed by atoms with Crippen LogP contribution in [-0.4, -0.2) is 19.9 Å². The second kappa shape index (κ2) is 5.64. The lowest BCUT2D eigenvalue weighted by Crippen LogP contribution is -2.06. The molecule has 0 spiro atoms. The number of benzene rings is 1. The number of aryl methyl sites for hydroxylation is 1. The summed E-state index contributed by atoms with van der Waals surface area (Å²) in [6.45, 7) is 2.27. The van der Waals surface area contributed by atoms with Gasteiger partial charge in [0.05, 0.1) is 6.10 Å². The molecule has 0 saturated carbocycles. The molecule has 2 rings (SSSR count). The van der Waals surface area contributed by atoms with Gasteiger partial charge in [0.2, 0.25) is 0 Å². The molecule has 1 heterocycles. The van der Waals surface area contributed by atoms with Crippen LogP contribution in [0.1, 0.15) is 30.8 Å². The zero-order chi connectivity index (χ0) is 13.0. The molecule has 1 N–H and O–H groups in total. The summed E-state index contributed by atoms with van der Waals surface area (Å²) in [4.78, 5) is 0. The maximum absolute atomic E-state index is 9.91. The van der Waals surface area contributed by atoms with Crippen LogP contribution in [0.25, 0.3) is 0 Å². The third kappa shape index (κ3) is 2.68. The summed E-state index contributed by atoms with van der Waals surface area (Å²) in [7, 11) is 1.87. The van der Waals surface area contributed by atoms with Crippen LogP contribution < -0.4 is 4.74 Å². The molecule has 5 nitrogen and oxygen atoms in total. The number of nitrogens with zero attached hydrogens (tertiary/aromatic N) is 3. The van der Waals surface area contributed by atoms with Crippen molar-refractivity contribution in [2.24, 2.45) is 7.05 Å². The van der Waals surface area contributed by atoms with E-state index in [9.17, 15) is 5.11 Å². The van der Waals surface area contributed by atoms with E-state index < -0.39 is 6.10 Å². The molecule has 0 fully saturated rings. The second-order valence-corrected chi connectivity index (χ2v) is 4.11. The van der Waals surface area contributed by atoms with Crippen LogP contribution >= 0.6 is 0 Å². The predicted octanol–water partition coefficient (Wildman–Crippen LogP) is 1.84. The van der Waals surface area contributed by atoms with Crippen LogP contribution in [-0.2, 0) is 13.7 Å². The van der Waals surface area contributed by atoms with Gasteiger partial charge in [-0.15, -0.1) is 10.2 Å². The highest BCUT2D eigenvalue weighted by molar-refractivity contribution is 5.35. The molecule has 0 aliphatic heterocycles. The minimum Gasteiger partial charge on any atom is -0.485 e. The monoisotopic (exact) mass is 247 g/mol. The van der Waals surface area contributed by atoms with Gasteiger partial charge in [-0.1, -0.05) is 25.1 Å². The molecule has 1 atom stereocenters. The van der Waals surface area contributed by atoms with E-state index in [1.165, 1.54) is 0 Å². The van der Waals surface area contributed by atoms with E-state index in [0.29, 0.717) is 18.8 Å². The first-order valence-corrected chi connectivity index (χ1v) is 5.95. The first-order valence-electron chi connectivity index (χ1n) is 5.95. The predicted molar refractivity (Wildman–Crippen MR) is 67.0 cm³/mol. The van der Waals surface area contributed by atoms with Crippen LogP contribution in [0.5, 0.6) is 5.75 Å². The lowest BCUT2D eigenvalue weighted by atomic mass is 10.1. The van der Waals surface area contributed by atoms with Crippen LogP contribution in [0.3, 0.4) is 0 Å². The van der Waals surface area contributed by atoms with Gasteiger partial charge in [0.1, 0.15) is 18.7 Å². The molecule has 0 aliphatic rings. The van der Waals surface area contributed by atoms with E-state index in [-0.39, 0.29) is 0 Å². The highest BCUT2D eigenvalue weighted by Crippen LogP contribution is 2.27. The lowest BCUT2D eigenvalue weighted by Gasteiger charge is -2.14. The Labute approximate surface area is 106 Å². The van der Waals surface area contributed by atoms with Crippen molar-refractivity contribution in [2.75, 3.05) is 0 Å². The summed E-state index contributed by atoms with van der Waals surface area (Å²) in [5.74, 6) is 1.44. The topological polar surface area (TPSA) is 60.2 Å². The first-order chi connectivity index (χ1) is 8.72. The number of aliphatic hydroxyl groups excluding tert-OH is 1. The van der Waals surface area contributed by atoms with E-state index in [1.54, 1.807) is 10.9 Å². The SMILES string of the molecule is CC[C@@H](O)c1ccccc1OCc1nncn1C. The fourth-order valence-electron chi connectivity index (χ4n) is 1.69. The van der Waals surface area contributed by atoms with Gasteiger partial charge in [-0.05, 0) is 12.5 Å². The van der Waals surface area contributed by atoms with Gasteiger partial charge >= 0.3 is 0 Å². The number of ether oxygens (including phenoxy) is 1. The van der Waals surface area contributed by atoms with Gasteiger partial charge < -0.3 is 14.4 Å². The first kappa shape index (κ1) is 12.6. The second-order valence-electron chi connectivity index (χ2n) is 4.11. The van der Waals surface area contributed by atoms with Crippen molar-refractivity contribution < 1.29 is 9.84 Å². The quantitative estimate of drug-likeness (QED) is 0.875. The molecule has 1 aromatic carbocycles. The van der Waals surface area contributed by atoms with Crippen molar-refractivity contribution in [3.63, 3.8) is 0 Å². The highest BCUT2D eigenvalue weighted by atomic mass is 16.5. The number of aliphatic hydroxyl groups is 1. The highest BCUT2D eigenvalue weighted by Gasteiger charge is 2.11. The minimum atomic E-state index is -0.499. The molecule has 96 valence electrons. The summed E-state index contributed by atoms with van der Waals surface area (Å²) < 4.78 is 7.51. The number of rotatable bonds is 5. The Kier molecular flexibility index (Phi) is 3.94. The van der Waals surface area contributed by atoms with Gasteiger partial charge in [0.15, 0.2) is 5.82 Å². The fraction of sp³-hybridized carbons (Fsp3) is 0.385. The largest absolute Gasteiger partial charge is 0.485 e. The molecular formula is C13H17N3O2. The summed E-state index contributed by atoms with van der Waals surface area (Å²) in [5, 5.41) is 17.7. The van der Waals surface area contributed by atoms with Crippen molar-refractivity contribution in [2.45, 2.75) is 26.1 Å². The Morgan fingerprint density at radius 1 is 1.39 bits per heavy atom. The Hall–Kier alpha value is -1.88. The molecule has 0 bridgehead atoms. The number of hydrogen-bond donors (Lipinski definition) is 1. The summed E-state index contributed by atoms with van der Waals surface area (Å²) in [6.07, 6.45) is 1.79. The van der Waals surface area contributed by atoms with Gasteiger partial charge in [0.25, 0.3) is 0 Å². The number of aromatic nitrogens is 3. The van der Waals surface area contributed by atoms with E-state index >= 15 is 0 Å². The molecule has 0 unspecified atom stereocenters. The Bertz CT molecular complexity index is 510. The maximum Gasteiger partial charge on any atom is 0.170 e. The van der Waals surface area contributed by atoms with Crippen LogP contribution in [0.4, 0.5) is 0 Å². The van der Waals surface area contributed by atoms with Crippen LogP contribution in [0, 0.1) is 0 Å². The van der Waals surface area contributed by atoms with Crippen molar-refractivity contribution in [3.8, 4) is 5.75 Å². The molecule has 0 aliphatic carbocycles. The fourth-order valence-corrected chi connectivity index (χ4v) is 1.69. The van der Waals surface area contributed by atoms with E-state index in [2.05, 4.69) is 10.2 Å². The summed E-state index contributed by atoms with van der Waals surface area (Å²) in [6, 6.07) is 7.51. The third-order valence-electron chi connectivity index (χ3n) is 2.83. The van der Waals surface area contributed by atoms with Crippen molar-refractivity contribution >= 4 is 0 Å². The zero-order valence-corrected chi connectivity index (χ0v) is 10.6. The Morgan fingerprint density at radius 2 is 2.17 bits per heavy atom. The smallest absolute Gasteiger partial charge is 0.170 e. The average molecular weight is 247 g/mol. The average Bonchev–Trinajstić information content (AvgIpc) is 2.81. The van der Waals surface area contributed by atoms with Gasteiger partial charge in [0, 0.05) is 12.6 Å². The Balaban J connectivity index is 2.12. The molecule has 1 aromatic heterocycles. The molecule has 18 heavy (non-hydrogen) atoms. The summed E-state index contributed by atoms with van der Waals surface area (Å²) >= 11 is 0. The molecule has 2 aromatic rings. The van der Waals surface area contributed by atoms with E-state index in [0.717, 1.165) is 11.4 Å². The summed E-state index contributed by atoms with van der Waals surface area (Å²) in [5.41, 5.74) is 0.808. The lowest BCUT2D eigenvalue weighted by molar-refractivity contribution is 0.165. The van der Waals surface area contributed by atoms with Crippen molar-refractivity contribution in [3.05, 3.63) is 42.0 Å². The molecule has 0 saturated heterocycles. The standard InChI is InChI=1S/C13H17N3O2/c1-3-11(17)10-6-4-5-7-12(10)18-8-13-15-14-9-16(13)2/h4-7,9,11,17H,3,8H2,1-2H3/t11-/m1/s1. The molecular weight excluding hydrogens is 230 g/mol. The van der Waals surface area contributed by atoms with Crippen molar-refractivity contribution in [1.29, 1.82) is 0 Å². The maximum atomic E-state index is 9.91. The van der Waals surface area contributed by atoms with Crippen molar-refractivity contribution in [1.82, 2.24) is 14.8 Å². The Morgan fingerprint density at radius 3 is 2.83 bits per heavy atom. The van der Waals surface area contributed by atoms with Crippen LogP contribution in [0.2, 0.25) is 0 Å². The van der Waals surface area contributed by atoms with Gasteiger partial charge in [-0.3, -0.25) is 0 Å². The number of hydrogen-bond acceptors (Lipinski definition) is 4.